The molecule has 0 aliphatic carbocycles. The van der Waals surface area contributed by atoms with Crippen molar-refractivity contribution < 1.29 is 0 Å². The van der Waals surface area contributed by atoms with Crippen molar-refractivity contribution in [3.05, 3.63) is 29.8 Å². The van der Waals surface area contributed by atoms with Crippen LogP contribution in [-0.4, -0.2) is 13.1 Å². The molecule has 0 saturated carbocycles. The quantitative estimate of drug-likeness (QED) is 0.596. The van der Waals surface area contributed by atoms with Crippen molar-refractivity contribution in [3.63, 3.8) is 0 Å². The molecule has 1 aromatic carbocycles. The first-order valence-electron chi connectivity index (χ1n) is 8.16. The molecule has 0 saturated heterocycles. The van der Waals surface area contributed by atoms with Crippen LogP contribution < -0.4 is 4.90 Å². The van der Waals surface area contributed by atoms with Gasteiger partial charge in [-0.15, -0.1) is 0 Å². The van der Waals surface area contributed by atoms with E-state index < -0.39 is 0 Å². The highest BCUT2D eigenvalue weighted by molar-refractivity contribution is 5.56. The fraction of sp³-hybridized carbons (Fsp3) is 0.667. The van der Waals surface area contributed by atoms with Gasteiger partial charge in [-0.3, -0.25) is 0 Å². The third kappa shape index (κ3) is 3.99. The number of anilines is 1. The van der Waals surface area contributed by atoms with Crippen LogP contribution in [0.1, 0.15) is 70.3 Å². The van der Waals surface area contributed by atoms with Crippen LogP contribution in [0.2, 0.25) is 0 Å². The van der Waals surface area contributed by atoms with Crippen LogP contribution in [0, 0.1) is 0 Å². The van der Waals surface area contributed by atoms with Crippen molar-refractivity contribution in [3.8, 4) is 0 Å². The van der Waals surface area contributed by atoms with E-state index in [4.69, 9.17) is 0 Å². The Morgan fingerprint density at radius 1 is 1.05 bits per heavy atom. The Labute approximate surface area is 119 Å². The maximum atomic E-state index is 2.61. The molecule has 1 atom stereocenters. The van der Waals surface area contributed by atoms with Gasteiger partial charge in [-0.1, -0.05) is 64.2 Å². The summed E-state index contributed by atoms with van der Waals surface area (Å²) in [6.07, 6.45) is 9.65. The highest BCUT2D eigenvalue weighted by Crippen LogP contribution is 2.34. The lowest BCUT2D eigenvalue weighted by atomic mass is 9.91. The zero-order chi connectivity index (χ0) is 13.5. The minimum Gasteiger partial charge on any atom is -0.371 e. The molecule has 0 bridgehead atoms. The second-order valence-electron chi connectivity index (χ2n) is 6.00. The molecule has 1 nitrogen and oxygen atoms in total. The smallest absolute Gasteiger partial charge is 0.0401 e. The molecule has 1 aliphatic heterocycles. The minimum atomic E-state index is 0.733. The van der Waals surface area contributed by atoms with Gasteiger partial charge >= 0.3 is 0 Å². The monoisotopic (exact) mass is 259 g/mol. The Bertz CT molecular complexity index is 372. The van der Waals surface area contributed by atoms with E-state index in [1.54, 1.807) is 5.56 Å². The largest absolute Gasteiger partial charge is 0.371 e. The molecule has 0 amide bonds. The molecule has 106 valence electrons. The van der Waals surface area contributed by atoms with Crippen LogP contribution in [-0.2, 0) is 0 Å². The molecular formula is C18H29N. The lowest BCUT2D eigenvalue weighted by Gasteiger charge is -2.34. The summed E-state index contributed by atoms with van der Waals surface area (Å²) >= 11 is 0. The number of hydrogen-bond donors (Lipinski definition) is 0. The summed E-state index contributed by atoms with van der Waals surface area (Å²) in [6.45, 7) is 7.13. The molecule has 0 fully saturated rings. The SMILES string of the molecule is CCCCCCCCN1CCC(C)c2ccccc21. The number of nitrogens with zero attached hydrogens (tertiary/aromatic N) is 1. The molecule has 1 aliphatic rings. The van der Waals surface area contributed by atoms with Gasteiger partial charge in [0.05, 0.1) is 0 Å². The minimum absolute atomic E-state index is 0.733. The third-order valence-corrected chi connectivity index (χ3v) is 4.42. The average Bonchev–Trinajstić information content (AvgIpc) is 2.45. The molecule has 0 N–H and O–H groups in total. The molecule has 0 spiro atoms. The number of hydrogen-bond acceptors (Lipinski definition) is 1. The van der Waals surface area contributed by atoms with Crippen molar-refractivity contribution in [2.24, 2.45) is 0 Å². The van der Waals surface area contributed by atoms with Crippen LogP contribution in [0.25, 0.3) is 0 Å². The van der Waals surface area contributed by atoms with E-state index in [0.29, 0.717) is 0 Å². The summed E-state index contributed by atoms with van der Waals surface area (Å²) in [5.74, 6) is 0.733. The van der Waals surface area contributed by atoms with Crippen molar-refractivity contribution in [2.45, 2.75) is 64.7 Å². The predicted molar refractivity (Wildman–Crippen MR) is 85.1 cm³/mol. The molecule has 19 heavy (non-hydrogen) atoms. The summed E-state index contributed by atoms with van der Waals surface area (Å²) in [6, 6.07) is 8.99. The number of rotatable bonds is 7. The Morgan fingerprint density at radius 3 is 2.63 bits per heavy atom. The van der Waals surface area contributed by atoms with Gasteiger partial charge in [0.1, 0.15) is 0 Å². The maximum Gasteiger partial charge on any atom is 0.0401 e. The molecule has 1 heterocycles. The summed E-state index contributed by atoms with van der Waals surface area (Å²) in [5.41, 5.74) is 3.05. The first kappa shape index (κ1) is 14.4. The highest BCUT2D eigenvalue weighted by Gasteiger charge is 2.20. The Hall–Kier alpha value is -0.980. The zero-order valence-corrected chi connectivity index (χ0v) is 12.7. The molecule has 1 aromatic rings. The molecule has 0 aromatic heterocycles. The van der Waals surface area contributed by atoms with E-state index in [1.165, 1.54) is 63.7 Å². The lowest BCUT2D eigenvalue weighted by molar-refractivity contribution is 0.568. The van der Waals surface area contributed by atoms with Crippen LogP contribution in [0.15, 0.2) is 24.3 Å². The highest BCUT2D eigenvalue weighted by atomic mass is 15.1. The number of fused-ring (bicyclic) bond motifs is 1. The van der Waals surface area contributed by atoms with Gasteiger partial charge < -0.3 is 4.90 Å². The first-order valence-corrected chi connectivity index (χ1v) is 8.16. The van der Waals surface area contributed by atoms with Crippen molar-refractivity contribution in [2.75, 3.05) is 18.0 Å². The van der Waals surface area contributed by atoms with Gasteiger partial charge in [0.15, 0.2) is 0 Å². The van der Waals surface area contributed by atoms with E-state index in [0.717, 1.165) is 5.92 Å². The second kappa shape index (κ2) is 7.57. The Balaban J connectivity index is 1.80. The van der Waals surface area contributed by atoms with Crippen LogP contribution >= 0.6 is 0 Å². The topological polar surface area (TPSA) is 3.24 Å². The van der Waals surface area contributed by atoms with Gasteiger partial charge in [0.2, 0.25) is 0 Å². The molecular weight excluding hydrogens is 230 g/mol. The average molecular weight is 259 g/mol. The van der Waals surface area contributed by atoms with Crippen LogP contribution in [0.5, 0.6) is 0 Å². The predicted octanol–water partition coefficient (Wildman–Crippen LogP) is 5.36. The Morgan fingerprint density at radius 2 is 1.79 bits per heavy atom. The number of benzene rings is 1. The van der Waals surface area contributed by atoms with Crippen LogP contribution in [0.4, 0.5) is 5.69 Å². The zero-order valence-electron chi connectivity index (χ0n) is 12.7. The standard InChI is InChI=1S/C18H29N/c1-3-4-5-6-7-10-14-19-15-13-16(2)17-11-8-9-12-18(17)19/h8-9,11-12,16H,3-7,10,13-15H2,1-2H3. The van der Waals surface area contributed by atoms with Gasteiger partial charge in [-0.25, -0.2) is 0 Å². The molecule has 1 heteroatoms. The lowest BCUT2D eigenvalue weighted by Crippen LogP contribution is -2.31. The van der Waals surface area contributed by atoms with E-state index in [9.17, 15) is 0 Å². The van der Waals surface area contributed by atoms with Gasteiger partial charge in [0.25, 0.3) is 0 Å². The normalized spacial score (nSPS) is 18.4. The maximum absolute atomic E-state index is 2.61. The second-order valence-corrected chi connectivity index (χ2v) is 6.00. The van der Waals surface area contributed by atoms with Crippen molar-refractivity contribution >= 4 is 5.69 Å². The van der Waals surface area contributed by atoms with E-state index in [1.807, 2.05) is 0 Å². The first-order chi connectivity index (χ1) is 9.33. The van der Waals surface area contributed by atoms with E-state index >= 15 is 0 Å². The Kier molecular flexibility index (Phi) is 5.75. The number of unbranched alkanes of at least 4 members (excludes halogenated alkanes) is 5. The molecule has 2 rings (SSSR count). The van der Waals surface area contributed by atoms with Crippen molar-refractivity contribution in [1.82, 2.24) is 0 Å². The summed E-state index contributed by atoms with van der Waals surface area (Å²) in [4.78, 5) is 2.61. The van der Waals surface area contributed by atoms with Gasteiger partial charge in [-0.2, -0.15) is 0 Å². The molecule has 1 unspecified atom stereocenters. The molecule has 0 radical (unpaired) electrons. The fourth-order valence-electron chi connectivity index (χ4n) is 3.13. The van der Waals surface area contributed by atoms with Gasteiger partial charge in [0, 0.05) is 18.8 Å². The van der Waals surface area contributed by atoms with E-state index in [-0.39, 0.29) is 0 Å². The third-order valence-electron chi connectivity index (χ3n) is 4.42. The number of para-hydroxylation sites is 1. The van der Waals surface area contributed by atoms with Crippen molar-refractivity contribution in [1.29, 1.82) is 0 Å². The summed E-state index contributed by atoms with van der Waals surface area (Å²) in [7, 11) is 0. The summed E-state index contributed by atoms with van der Waals surface area (Å²) in [5, 5.41) is 0. The van der Waals surface area contributed by atoms with Gasteiger partial charge in [-0.05, 0) is 30.4 Å². The fourth-order valence-corrected chi connectivity index (χ4v) is 3.13. The summed E-state index contributed by atoms with van der Waals surface area (Å²) < 4.78 is 0. The van der Waals surface area contributed by atoms with E-state index in [2.05, 4.69) is 43.0 Å². The van der Waals surface area contributed by atoms with Crippen LogP contribution in [0.3, 0.4) is 0 Å².